The first-order valence-corrected chi connectivity index (χ1v) is 13.8. The zero-order valence-electron chi connectivity index (χ0n) is 23.7. The average Bonchev–Trinajstić information content (AvgIpc) is 3.58. The quantitative estimate of drug-likeness (QED) is 0.210. The molecule has 2 aliphatic carbocycles. The topological polar surface area (TPSA) is 164 Å². The van der Waals surface area contributed by atoms with Gasteiger partial charge in [-0.05, 0) is 24.6 Å². The number of alkyl halides is 1. The number of aliphatic hydroxyl groups is 1. The summed E-state index contributed by atoms with van der Waals surface area (Å²) in [5, 5.41) is 12.5. The fourth-order valence-corrected chi connectivity index (χ4v) is 6.97. The van der Waals surface area contributed by atoms with E-state index in [1.54, 1.807) is 13.0 Å². The first-order chi connectivity index (χ1) is 19.1. The molecule has 4 rings (SSSR count). The molecule has 0 aromatic heterocycles. The number of rotatable bonds is 5. The first kappa shape index (κ1) is 31.0. The van der Waals surface area contributed by atoms with Crippen LogP contribution in [0.1, 0.15) is 48.0 Å². The summed E-state index contributed by atoms with van der Waals surface area (Å²) in [5.74, 6) is -5.96. The van der Waals surface area contributed by atoms with Crippen LogP contribution in [0.5, 0.6) is 0 Å². The van der Waals surface area contributed by atoms with E-state index in [-0.39, 0.29) is 18.9 Å². The second-order valence-electron chi connectivity index (χ2n) is 11.3. The number of carbonyl (C=O) groups is 5. The Kier molecular flexibility index (Phi) is 8.34. The highest BCUT2D eigenvalue weighted by Gasteiger charge is 2.76. The Morgan fingerprint density at radius 1 is 1.00 bits per heavy atom. The molecule has 4 aliphatic rings. The van der Waals surface area contributed by atoms with Crippen molar-refractivity contribution in [1.82, 2.24) is 0 Å². The Bertz CT molecular complexity index is 1190. The molecular formula is C28H35ClO12. The molecule has 0 bridgehead atoms. The van der Waals surface area contributed by atoms with Crippen molar-refractivity contribution in [2.75, 3.05) is 12.5 Å². The number of ether oxygens (including phenoxy) is 6. The largest absolute Gasteiger partial charge is 0.459 e. The fraction of sp³-hybridized carbons (Fsp3) is 0.679. The minimum Gasteiger partial charge on any atom is -0.459 e. The van der Waals surface area contributed by atoms with Gasteiger partial charge in [-0.25, -0.2) is 0 Å². The van der Waals surface area contributed by atoms with Gasteiger partial charge in [-0.15, -0.1) is 11.6 Å². The predicted molar refractivity (Wildman–Crippen MR) is 139 cm³/mol. The van der Waals surface area contributed by atoms with Crippen molar-refractivity contribution in [1.29, 1.82) is 0 Å². The molecule has 2 heterocycles. The van der Waals surface area contributed by atoms with Crippen LogP contribution >= 0.6 is 11.6 Å². The van der Waals surface area contributed by atoms with E-state index < -0.39 is 88.8 Å². The summed E-state index contributed by atoms with van der Waals surface area (Å²) in [6, 6.07) is 0. The highest BCUT2D eigenvalue weighted by Crippen LogP contribution is 2.62. The molecule has 0 unspecified atom stereocenters. The first-order valence-electron chi connectivity index (χ1n) is 13.3. The van der Waals surface area contributed by atoms with Gasteiger partial charge in [-0.2, -0.15) is 0 Å². The van der Waals surface area contributed by atoms with Crippen LogP contribution in [0, 0.1) is 17.3 Å². The molecule has 0 amide bonds. The van der Waals surface area contributed by atoms with E-state index in [1.807, 2.05) is 0 Å². The molecule has 10 atom stereocenters. The summed E-state index contributed by atoms with van der Waals surface area (Å²) < 4.78 is 34.8. The van der Waals surface area contributed by atoms with Crippen LogP contribution in [0.3, 0.4) is 0 Å². The lowest BCUT2D eigenvalue weighted by atomic mass is 9.52. The van der Waals surface area contributed by atoms with Gasteiger partial charge in [-0.3, -0.25) is 24.0 Å². The molecule has 3 fully saturated rings. The van der Waals surface area contributed by atoms with Gasteiger partial charge >= 0.3 is 29.8 Å². The molecule has 1 spiro atoms. The van der Waals surface area contributed by atoms with Crippen molar-refractivity contribution in [3.05, 3.63) is 23.8 Å². The van der Waals surface area contributed by atoms with Gasteiger partial charge in [0.25, 0.3) is 0 Å². The van der Waals surface area contributed by atoms with E-state index >= 15 is 0 Å². The van der Waals surface area contributed by atoms with Crippen molar-refractivity contribution in [3.63, 3.8) is 0 Å². The maximum atomic E-state index is 12.9. The molecule has 2 aliphatic heterocycles. The molecular weight excluding hydrogens is 564 g/mol. The maximum Gasteiger partial charge on any atom is 0.312 e. The average molecular weight is 599 g/mol. The van der Waals surface area contributed by atoms with Crippen LogP contribution in [0.4, 0.5) is 0 Å². The van der Waals surface area contributed by atoms with Gasteiger partial charge in [0.1, 0.15) is 30.0 Å². The number of hydrogen-bond acceptors (Lipinski definition) is 12. The molecule has 0 aromatic rings. The molecule has 12 nitrogen and oxygen atoms in total. The lowest BCUT2D eigenvalue weighted by Gasteiger charge is -2.57. The van der Waals surface area contributed by atoms with Crippen LogP contribution in [0.25, 0.3) is 0 Å². The third-order valence-corrected chi connectivity index (χ3v) is 8.88. The van der Waals surface area contributed by atoms with Gasteiger partial charge in [0, 0.05) is 45.9 Å². The summed E-state index contributed by atoms with van der Waals surface area (Å²) >= 11 is 6.21. The van der Waals surface area contributed by atoms with Crippen molar-refractivity contribution in [2.24, 2.45) is 17.3 Å². The van der Waals surface area contributed by atoms with E-state index in [9.17, 15) is 29.1 Å². The van der Waals surface area contributed by atoms with Crippen LogP contribution in [0.15, 0.2) is 23.8 Å². The minimum atomic E-state index is -2.16. The molecule has 41 heavy (non-hydrogen) atoms. The van der Waals surface area contributed by atoms with E-state index in [4.69, 9.17) is 40.0 Å². The lowest BCUT2D eigenvalue weighted by molar-refractivity contribution is -0.255. The van der Waals surface area contributed by atoms with Crippen LogP contribution in [0.2, 0.25) is 0 Å². The molecule has 2 saturated heterocycles. The zero-order valence-corrected chi connectivity index (χ0v) is 24.5. The number of esters is 5. The van der Waals surface area contributed by atoms with Crippen LogP contribution < -0.4 is 0 Å². The Morgan fingerprint density at radius 2 is 1.56 bits per heavy atom. The number of epoxide rings is 1. The van der Waals surface area contributed by atoms with Crippen molar-refractivity contribution in [3.8, 4) is 0 Å². The van der Waals surface area contributed by atoms with E-state index in [0.29, 0.717) is 5.57 Å². The van der Waals surface area contributed by atoms with E-state index in [0.717, 1.165) is 6.92 Å². The minimum absolute atomic E-state index is 0.00818. The third-order valence-electron chi connectivity index (χ3n) is 8.57. The summed E-state index contributed by atoms with van der Waals surface area (Å²) in [5.41, 5.74) is -4.55. The fourth-order valence-electron chi connectivity index (χ4n) is 6.79. The van der Waals surface area contributed by atoms with Gasteiger partial charge in [-0.1, -0.05) is 13.0 Å². The number of fused-ring (bicyclic) bond motifs is 3. The Labute approximate surface area is 242 Å². The summed E-state index contributed by atoms with van der Waals surface area (Å²) in [4.78, 5) is 62.8. The number of halogens is 1. The molecule has 0 radical (unpaired) electrons. The van der Waals surface area contributed by atoms with Gasteiger partial charge in [0.2, 0.25) is 0 Å². The van der Waals surface area contributed by atoms with E-state index in [2.05, 4.69) is 0 Å². The highest BCUT2D eigenvalue weighted by atomic mass is 35.5. The number of hydrogen-bond donors (Lipinski definition) is 1. The van der Waals surface area contributed by atoms with Gasteiger partial charge < -0.3 is 33.5 Å². The molecule has 1 saturated carbocycles. The second kappa shape index (κ2) is 11.0. The molecule has 1 N–H and O–H groups in total. The second-order valence-corrected chi connectivity index (χ2v) is 11.6. The SMILES string of the molecule is CC(=O)O[C@H]1C[C@]2(CO2)[C@@H]2[C@H](OC(C)=O)[C@@]3(O)[C@H](C=C(CCl)C=C[C@H](OC(C)=O)[C@@]2(C)[C@H]1OC(C)=O)OC(=O)[C@@H]3C. The summed E-state index contributed by atoms with van der Waals surface area (Å²) in [7, 11) is 0. The summed E-state index contributed by atoms with van der Waals surface area (Å²) in [6.07, 6.45) is -1.85. The summed E-state index contributed by atoms with van der Waals surface area (Å²) in [6.45, 7) is 7.86. The number of allylic oxidation sites excluding steroid dienone is 2. The normalized spacial score (nSPS) is 41.2. The van der Waals surface area contributed by atoms with E-state index in [1.165, 1.54) is 39.8 Å². The molecule has 13 heteroatoms. The van der Waals surface area contributed by atoms with Crippen molar-refractivity contribution < 1.29 is 57.5 Å². The Hall–Kier alpha value is -2.96. The highest BCUT2D eigenvalue weighted by molar-refractivity contribution is 6.19. The van der Waals surface area contributed by atoms with Crippen LogP contribution in [-0.4, -0.2) is 89.2 Å². The predicted octanol–water partition coefficient (Wildman–Crippen LogP) is 1.54. The van der Waals surface area contributed by atoms with Gasteiger partial charge in [0.15, 0.2) is 11.7 Å². The lowest BCUT2D eigenvalue weighted by Crippen LogP contribution is -2.71. The Balaban J connectivity index is 2.09. The van der Waals surface area contributed by atoms with Gasteiger partial charge in [0.05, 0.1) is 17.9 Å². The third kappa shape index (κ3) is 5.37. The standard InChI is InChI=1S/C28H35ClO12/c1-13-25(34)41-21-9-18(11-29)7-8-20(38-15(3)31)26(6)22(24(28(13,21)35)40-17(5)33)27(12-36-27)10-19(37-14(2)30)23(26)39-16(4)32/h7-9,13,19-24,35H,10-12H2,1-6H3/t13-,19-,20-,21-,22+,23-,24-,26+,27-,28-/m0/s1. The van der Waals surface area contributed by atoms with Crippen LogP contribution in [-0.2, 0) is 52.4 Å². The molecule has 0 aromatic carbocycles. The Morgan fingerprint density at radius 3 is 2.07 bits per heavy atom. The smallest absolute Gasteiger partial charge is 0.312 e. The maximum absolute atomic E-state index is 12.9. The van der Waals surface area contributed by atoms with Crippen molar-refractivity contribution >= 4 is 41.4 Å². The number of carbonyl (C=O) groups excluding carboxylic acids is 5. The monoisotopic (exact) mass is 598 g/mol. The van der Waals surface area contributed by atoms with Crippen molar-refractivity contribution in [2.45, 2.75) is 89.7 Å². The molecule has 226 valence electrons. The zero-order chi connectivity index (χ0) is 30.5.